The number of alkyl halides is 2. The van der Waals surface area contributed by atoms with Crippen LogP contribution >= 0.6 is 0 Å². The largest absolute Gasteiger partial charge is 0.466 e. The minimum atomic E-state index is -2.83. The highest BCUT2D eigenvalue weighted by Crippen LogP contribution is 2.52. The van der Waals surface area contributed by atoms with Gasteiger partial charge in [-0.25, -0.2) is 5.01 Å². The van der Waals surface area contributed by atoms with Crippen molar-refractivity contribution in [2.45, 2.75) is 56.4 Å². The summed E-state index contributed by atoms with van der Waals surface area (Å²) >= 11 is 0. The van der Waals surface area contributed by atoms with E-state index in [1.807, 2.05) is 12.1 Å². The predicted octanol–water partition coefficient (Wildman–Crippen LogP) is 6.89. The molecule has 0 bridgehead atoms. The van der Waals surface area contributed by atoms with Gasteiger partial charge < -0.3 is 9.47 Å². The molecule has 0 radical (unpaired) electrons. The van der Waals surface area contributed by atoms with E-state index in [0.29, 0.717) is 5.92 Å². The number of para-hydroxylation sites is 1. The first-order valence-electron chi connectivity index (χ1n) is 11.9. The second-order valence-electron chi connectivity index (χ2n) is 9.29. The van der Waals surface area contributed by atoms with Crippen LogP contribution < -0.4 is 9.47 Å². The predicted molar refractivity (Wildman–Crippen MR) is 126 cm³/mol. The summed E-state index contributed by atoms with van der Waals surface area (Å²) in [7, 11) is 0. The molecule has 0 N–H and O–H groups in total. The molecule has 3 aromatic carbocycles. The standard InChI is InChI=1S/C28H26F2N2O2/c29-27(30)33-22-12-10-21(11-13-22)24-18-25-23-8-4-5-9-26(23)34-28(32(25)31-24)16-14-20(15-17-28)19-6-2-1-3-7-19/h1-13,20,25,27H,14-18H2. The van der Waals surface area contributed by atoms with E-state index >= 15 is 0 Å². The Balaban J connectivity index is 1.30. The second-order valence-corrected chi connectivity index (χ2v) is 9.29. The van der Waals surface area contributed by atoms with E-state index in [-0.39, 0.29) is 11.8 Å². The molecule has 1 atom stereocenters. The fraction of sp³-hybridized carbons (Fsp3) is 0.321. The molecular formula is C28H26F2N2O2. The van der Waals surface area contributed by atoms with Gasteiger partial charge in [0.15, 0.2) is 5.72 Å². The number of hydrogen-bond donors (Lipinski definition) is 0. The Morgan fingerprint density at radius 3 is 2.35 bits per heavy atom. The molecule has 6 rings (SSSR count). The monoisotopic (exact) mass is 460 g/mol. The molecule has 4 nitrogen and oxygen atoms in total. The molecule has 2 aliphatic heterocycles. The van der Waals surface area contributed by atoms with Crippen molar-refractivity contribution >= 4 is 5.71 Å². The van der Waals surface area contributed by atoms with E-state index in [4.69, 9.17) is 9.84 Å². The Labute approximate surface area is 197 Å². The molecule has 2 heterocycles. The van der Waals surface area contributed by atoms with E-state index in [9.17, 15) is 8.78 Å². The molecular weight excluding hydrogens is 434 g/mol. The Bertz CT molecular complexity index is 1190. The molecule has 0 saturated heterocycles. The average molecular weight is 461 g/mol. The van der Waals surface area contributed by atoms with Crippen LogP contribution in [0.25, 0.3) is 0 Å². The molecule has 0 amide bonds. The number of rotatable bonds is 4. The highest BCUT2D eigenvalue weighted by atomic mass is 19.3. The van der Waals surface area contributed by atoms with Gasteiger partial charge in [-0.1, -0.05) is 48.5 Å². The minimum absolute atomic E-state index is 0.102. The zero-order chi connectivity index (χ0) is 23.1. The van der Waals surface area contributed by atoms with Gasteiger partial charge in [-0.05, 0) is 60.2 Å². The Kier molecular flexibility index (Phi) is 5.24. The van der Waals surface area contributed by atoms with E-state index in [1.54, 1.807) is 24.3 Å². The topological polar surface area (TPSA) is 34.1 Å². The molecule has 1 fully saturated rings. The van der Waals surface area contributed by atoms with Gasteiger partial charge in [0.05, 0.1) is 11.8 Å². The minimum Gasteiger partial charge on any atom is -0.466 e. The van der Waals surface area contributed by atoms with Crippen molar-refractivity contribution in [3.8, 4) is 11.5 Å². The third kappa shape index (κ3) is 3.71. The number of ether oxygens (including phenoxy) is 2. The van der Waals surface area contributed by atoms with Crippen molar-refractivity contribution in [3.05, 3.63) is 95.6 Å². The quantitative estimate of drug-likeness (QED) is 0.425. The maximum atomic E-state index is 12.5. The van der Waals surface area contributed by atoms with Crippen LogP contribution in [-0.4, -0.2) is 23.1 Å². The maximum Gasteiger partial charge on any atom is 0.387 e. The van der Waals surface area contributed by atoms with Crippen LogP contribution in [0.3, 0.4) is 0 Å². The summed E-state index contributed by atoms with van der Waals surface area (Å²) in [4.78, 5) is 0. The molecule has 0 aromatic heterocycles. The zero-order valence-electron chi connectivity index (χ0n) is 18.7. The van der Waals surface area contributed by atoms with Gasteiger partial charge in [-0.15, -0.1) is 0 Å². The van der Waals surface area contributed by atoms with E-state index in [2.05, 4.69) is 52.2 Å². The van der Waals surface area contributed by atoms with Gasteiger partial charge in [0.2, 0.25) is 0 Å². The summed E-state index contributed by atoms with van der Waals surface area (Å²) in [5.41, 5.74) is 3.93. The van der Waals surface area contributed by atoms with E-state index in [1.165, 1.54) is 5.56 Å². The number of benzene rings is 3. The van der Waals surface area contributed by atoms with Gasteiger partial charge >= 0.3 is 6.61 Å². The Morgan fingerprint density at radius 2 is 1.62 bits per heavy atom. The van der Waals surface area contributed by atoms with Crippen molar-refractivity contribution < 1.29 is 18.3 Å². The molecule has 3 aliphatic rings. The third-order valence-corrected chi connectivity index (χ3v) is 7.36. The molecule has 1 spiro atoms. The molecule has 34 heavy (non-hydrogen) atoms. The summed E-state index contributed by atoms with van der Waals surface area (Å²) in [6.07, 6.45) is 4.63. The molecule has 3 aromatic rings. The van der Waals surface area contributed by atoms with Gasteiger partial charge in [0.1, 0.15) is 11.5 Å². The third-order valence-electron chi connectivity index (χ3n) is 7.36. The fourth-order valence-corrected chi connectivity index (χ4v) is 5.69. The van der Waals surface area contributed by atoms with Crippen LogP contribution in [0.2, 0.25) is 0 Å². The van der Waals surface area contributed by atoms with Gasteiger partial charge in [0, 0.05) is 24.8 Å². The molecule has 1 saturated carbocycles. The lowest BCUT2D eigenvalue weighted by Gasteiger charge is -2.50. The first-order chi connectivity index (χ1) is 16.6. The molecule has 1 unspecified atom stereocenters. The number of halogens is 2. The van der Waals surface area contributed by atoms with Crippen molar-refractivity contribution in [1.29, 1.82) is 0 Å². The second kappa shape index (κ2) is 8.42. The van der Waals surface area contributed by atoms with Gasteiger partial charge in [0.25, 0.3) is 0 Å². The molecule has 6 heteroatoms. The first-order valence-corrected chi connectivity index (χ1v) is 11.9. The van der Waals surface area contributed by atoms with Crippen molar-refractivity contribution in [2.24, 2.45) is 5.10 Å². The number of fused-ring (bicyclic) bond motifs is 4. The summed E-state index contributed by atoms with van der Waals surface area (Å²) in [5.74, 6) is 1.62. The maximum absolute atomic E-state index is 12.5. The van der Waals surface area contributed by atoms with Crippen molar-refractivity contribution in [1.82, 2.24) is 5.01 Å². The van der Waals surface area contributed by atoms with Crippen LogP contribution in [0.15, 0.2) is 84.0 Å². The number of nitrogens with zero attached hydrogens (tertiary/aromatic N) is 2. The lowest BCUT2D eigenvalue weighted by atomic mass is 9.78. The van der Waals surface area contributed by atoms with Crippen LogP contribution in [0.1, 0.15) is 60.8 Å². The summed E-state index contributed by atoms with van der Waals surface area (Å²) in [6, 6.07) is 25.8. The van der Waals surface area contributed by atoms with Crippen molar-refractivity contribution in [2.75, 3.05) is 0 Å². The number of hydrogen-bond acceptors (Lipinski definition) is 4. The van der Waals surface area contributed by atoms with Crippen LogP contribution in [-0.2, 0) is 0 Å². The Hall–Kier alpha value is -3.41. The van der Waals surface area contributed by atoms with E-state index < -0.39 is 12.3 Å². The normalized spacial score (nSPS) is 25.5. The van der Waals surface area contributed by atoms with Crippen LogP contribution in [0.5, 0.6) is 11.5 Å². The average Bonchev–Trinajstić information content (AvgIpc) is 3.32. The van der Waals surface area contributed by atoms with Gasteiger partial charge in [-0.2, -0.15) is 13.9 Å². The highest BCUT2D eigenvalue weighted by molar-refractivity contribution is 6.02. The SMILES string of the molecule is FC(F)Oc1ccc(C2=NN3C(C2)c2ccccc2OC32CCC(c3ccccc3)CC2)cc1. The molecule has 174 valence electrons. The Morgan fingerprint density at radius 1 is 0.912 bits per heavy atom. The summed E-state index contributed by atoms with van der Waals surface area (Å²) in [5, 5.41) is 7.27. The number of hydrazone groups is 1. The summed E-state index contributed by atoms with van der Waals surface area (Å²) < 4.78 is 36.3. The lowest BCUT2D eigenvalue weighted by molar-refractivity contribution is -0.142. The van der Waals surface area contributed by atoms with Gasteiger partial charge in [-0.3, -0.25) is 0 Å². The van der Waals surface area contributed by atoms with E-state index in [0.717, 1.165) is 54.7 Å². The summed E-state index contributed by atoms with van der Waals surface area (Å²) in [6.45, 7) is -2.83. The smallest absolute Gasteiger partial charge is 0.387 e. The fourth-order valence-electron chi connectivity index (χ4n) is 5.69. The van der Waals surface area contributed by atoms with Crippen molar-refractivity contribution in [3.63, 3.8) is 0 Å². The zero-order valence-corrected chi connectivity index (χ0v) is 18.7. The lowest BCUT2D eigenvalue weighted by Crippen LogP contribution is -2.55. The highest BCUT2D eigenvalue weighted by Gasteiger charge is 2.51. The first kappa shape index (κ1) is 21.1. The van der Waals surface area contributed by atoms with Crippen LogP contribution in [0, 0.1) is 0 Å². The van der Waals surface area contributed by atoms with Crippen LogP contribution in [0.4, 0.5) is 8.78 Å². The molecule has 1 aliphatic carbocycles.